The van der Waals surface area contributed by atoms with Crippen LogP contribution in [0.5, 0.6) is 5.75 Å². The van der Waals surface area contributed by atoms with Crippen molar-refractivity contribution in [2.24, 2.45) is 0 Å². The molecule has 0 aliphatic carbocycles. The molecular weight excluding hydrogens is 207 g/mol. The van der Waals surface area contributed by atoms with Crippen LogP contribution in [0.15, 0.2) is 24.3 Å². The third kappa shape index (κ3) is 2.45. The number of ether oxygens (including phenoxy) is 1. The third-order valence-electron chi connectivity index (χ3n) is 2.01. The Hall–Kier alpha value is -1.10. The van der Waals surface area contributed by atoms with Crippen molar-refractivity contribution in [1.29, 1.82) is 0 Å². The highest BCUT2D eigenvalue weighted by atomic mass is 32.3. The van der Waals surface area contributed by atoms with E-state index >= 15 is 0 Å². The quantitative estimate of drug-likeness (QED) is 0.729. The van der Waals surface area contributed by atoms with Gasteiger partial charge in [0.05, 0.1) is 7.11 Å². The zero-order valence-electron chi connectivity index (χ0n) is 7.90. The van der Waals surface area contributed by atoms with Gasteiger partial charge in [-0.2, -0.15) is 8.42 Å². The van der Waals surface area contributed by atoms with Gasteiger partial charge in [0.25, 0.3) is 0 Å². The predicted molar refractivity (Wildman–Crippen MR) is 51.4 cm³/mol. The van der Waals surface area contributed by atoms with E-state index in [2.05, 4.69) is 0 Å². The second-order valence-corrected chi connectivity index (χ2v) is 4.55. The summed E-state index contributed by atoms with van der Waals surface area (Å²) in [5.74, 6) is 0.609. The molecular formula is C9H11FO3S. The van der Waals surface area contributed by atoms with Gasteiger partial charge in [0.15, 0.2) is 0 Å². The van der Waals surface area contributed by atoms with E-state index < -0.39 is 15.5 Å². The largest absolute Gasteiger partial charge is 0.497 e. The minimum atomic E-state index is -4.52. The summed E-state index contributed by atoms with van der Waals surface area (Å²) in [7, 11) is -3.01. The fraction of sp³-hybridized carbons (Fsp3) is 0.333. The van der Waals surface area contributed by atoms with Crippen LogP contribution in [0.4, 0.5) is 3.89 Å². The summed E-state index contributed by atoms with van der Waals surface area (Å²) in [6.45, 7) is 1.30. The van der Waals surface area contributed by atoms with Gasteiger partial charge in [0.2, 0.25) is 0 Å². The highest BCUT2D eigenvalue weighted by molar-refractivity contribution is 7.86. The number of hydrogen-bond acceptors (Lipinski definition) is 3. The van der Waals surface area contributed by atoms with E-state index in [0.29, 0.717) is 11.3 Å². The maximum Gasteiger partial charge on any atom is 0.309 e. The lowest BCUT2D eigenvalue weighted by Gasteiger charge is -2.07. The van der Waals surface area contributed by atoms with Crippen molar-refractivity contribution in [3.63, 3.8) is 0 Å². The monoisotopic (exact) mass is 218 g/mol. The smallest absolute Gasteiger partial charge is 0.309 e. The molecule has 0 saturated heterocycles. The first-order chi connectivity index (χ1) is 6.45. The van der Waals surface area contributed by atoms with Crippen LogP contribution >= 0.6 is 0 Å². The van der Waals surface area contributed by atoms with Crippen LogP contribution in [0.1, 0.15) is 17.7 Å². The summed E-state index contributed by atoms with van der Waals surface area (Å²) in [6, 6.07) is 6.25. The summed E-state index contributed by atoms with van der Waals surface area (Å²) in [5, 5.41) is -1.13. The summed E-state index contributed by atoms with van der Waals surface area (Å²) < 4.78 is 38.7. The molecule has 0 aliphatic rings. The first-order valence-corrected chi connectivity index (χ1v) is 5.47. The van der Waals surface area contributed by atoms with Gasteiger partial charge in [-0.1, -0.05) is 12.1 Å². The molecule has 0 aliphatic heterocycles. The van der Waals surface area contributed by atoms with Gasteiger partial charge in [-0.05, 0) is 24.6 Å². The molecule has 0 bridgehead atoms. The molecule has 14 heavy (non-hydrogen) atoms. The van der Waals surface area contributed by atoms with Crippen molar-refractivity contribution in [2.75, 3.05) is 7.11 Å². The molecule has 0 heterocycles. The number of methoxy groups -OCH3 is 1. The van der Waals surface area contributed by atoms with Gasteiger partial charge in [0.1, 0.15) is 11.0 Å². The van der Waals surface area contributed by atoms with E-state index in [1.165, 1.54) is 26.2 Å². The first-order valence-electron chi connectivity index (χ1n) is 4.02. The maximum absolute atomic E-state index is 12.6. The van der Waals surface area contributed by atoms with Crippen molar-refractivity contribution in [2.45, 2.75) is 12.2 Å². The van der Waals surface area contributed by atoms with Crippen LogP contribution in [0.25, 0.3) is 0 Å². The van der Waals surface area contributed by atoms with Crippen molar-refractivity contribution in [3.05, 3.63) is 29.8 Å². The Labute approximate surface area is 82.7 Å². The molecule has 1 aromatic rings. The molecule has 1 atom stereocenters. The summed E-state index contributed by atoms with van der Waals surface area (Å²) in [4.78, 5) is 0. The topological polar surface area (TPSA) is 43.4 Å². The Bertz CT molecular complexity index is 397. The Morgan fingerprint density at radius 3 is 2.14 bits per heavy atom. The molecule has 78 valence electrons. The summed E-state index contributed by atoms with van der Waals surface area (Å²) in [5.41, 5.74) is 0.410. The van der Waals surface area contributed by atoms with Crippen molar-refractivity contribution in [3.8, 4) is 5.75 Å². The molecule has 0 amide bonds. The second kappa shape index (κ2) is 3.96. The minimum absolute atomic E-state index is 0.410. The van der Waals surface area contributed by atoms with Crippen molar-refractivity contribution < 1.29 is 17.0 Å². The summed E-state index contributed by atoms with van der Waals surface area (Å²) in [6.07, 6.45) is 0. The molecule has 1 unspecified atom stereocenters. The van der Waals surface area contributed by atoms with Crippen LogP contribution < -0.4 is 4.74 Å². The van der Waals surface area contributed by atoms with E-state index in [1.54, 1.807) is 12.1 Å². The highest BCUT2D eigenvalue weighted by Gasteiger charge is 2.21. The van der Waals surface area contributed by atoms with Crippen LogP contribution in [-0.2, 0) is 10.2 Å². The lowest BCUT2D eigenvalue weighted by molar-refractivity contribution is 0.414. The normalized spacial score (nSPS) is 13.6. The zero-order chi connectivity index (χ0) is 10.8. The SMILES string of the molecule is COc1ccc(C(C)S(=O)(=O)F)cc1. The molecule has 1 aromatic carbocycles. The lowest BCUT2D eigenvalue weighted by Crippen LogP contribution is -2.03. The van der Waals surface area contributed by atoms with Gasteiger partial charge in [-0.25, -0.2) is 0 Å². The van der Waals surface area contributed by atoms with Gasteiger partial charge >= 0.3 is 10.2 Å². The molecule has 1 rings (SSSR count). The first kappa shape index (κ1) is 11.0. The average molecular weight is 218 g/mol. The molecule has 0 fully saturated rings. The molecule has 0 aromatic heterocycles. The molecule has 0 saturated carbocycles. The van der Waals surface area contributed by atoms with Crippen LogP contribution in [0.2, 0.25) is 0 Å². The minimum Gasteiger partial charge on any atom is -0.497 e. The fourth-order valence-corrected chi connectivity index (χ4v) is 1.52. The number of hydrogen-bond donors (Lipinski definition) is 0. The zero-order valence-corrected chi connectivity index (χ0v) is 8.71. The molecule has 0 spiro atoms. The van der Waals surface area contributed by atoms with E-state index in [1.807, 2.05) is 0 Å². The van der Waals surface area contributed by atoms with Gasteiger partial charge in [-0.15, -0.1) is 3.89 Å². The Morgan fingerprint density at radius 1 is 1.29 bits per heavy atom. The molecule has 0 radical (unpaired) electrons. The van der Waals surface area contributed by atoms with Gasteiger partial charge in [-0.3, -0.25) is 0 Å². The maximum atomic E-state index is 12.6. The Kier molecular flexibility index (Phi) is 3.10. The molecule has 3 nitrogen and oxygen atoms in total. The van der Waals surface area contributed by atoms with E-state index in [4.69, 9.17) is 4.74 Å². The lowest BCUT2D eigenvalue weighted by atomic mass is 10.2. The summed E-state index contributed by atoms with van der Waals surface area (Å²) >= 11 is 0. The van der Waals surface area contributed by atoms with Crippen LogP contribution in [-0.4, -0.2) is 15.5 Å². The standard InChI is InChI=1S/C9H11FO3S/c1-7(14(10,11)12)8-3-5-9(13-2)6-4-8/h3-7H,1-2H3. The van der Waals surface area contributed by atoms with Crippen molar-refractivity contribution >= 4 is 10.2 Å². The molecule has 0 N–H and O–H groups in total. The molecule has 5 heteroatoms. The average Bonchev–Trinajstić information content (AvgIpc) is 2.15. The van der Waals surface area contributed by atoms with Gasteiger partial charge in [0, 0.05) is 0 Å². The number of benzene rings is 1. The second-order valence-electron chi connectivity index (χ2n) is 2.89. The third-order valence-corrected chi connectivity index (χ3v) is 3.12. The Balaban J connectivity index is 2.98. The van der Waals surface area contributed by atoms with Crippen LogP contribution in [0.3, 0.4) is 0 Å². The Morgan fingerprint density at radius 2 is 1.79 bits per heavy atom. The van der Waals surface area contributed by atoms with E-state index in [0.717, 1.165) is 0 Å². The van der Waals surface area contributed by atoms with Gasteiger partial charge < -0.3 is 4.74 Å². The van der Waals surface area contributed by atoms with E-state index in [-0.39, 0.29) is 0 Å². The fourth-order valence-electron chi connectivity index (χ4n) is 1.04. The number of halogens is 1. The van der Waals surface area contributed by atoms with Crippen molar-refractivity contribution in [1.82, 2.24) is 0 Å². The van der Waals surface area contributed by atoms with Crippen LogP contribution in [0, 0.1) is 0 Å². The predicted octanol–water partition coefficient (Wildman–Crippen LogP) is 2.06. The highest BCUT2D eigenvalue weighted by Crippen LogP contribution is 2.24. The van der Waals surface area contributed by atoms with E-state index in [9.17, 15) is 12.3 Å². The number of rotatable bonds is 3.